The van der Waals surface area contributed by atoms with Crippen LogP contribution in [0.15, 0.2) is 30.3 Å². The van der Waals surface area contributed by atoms with Gasteiger partial charge in [0.25, 0.3) is 0 Å². The van der Waals surface area contributed by atoms with Crippen LogP contribution >= 0.6 is 0 Å². The third kappa shape index (κ3) is 3.20. The van der Waals surface area contributed by atoms with Crippen LogP contribution in [0.25, 0.3) is 0 Å². The molecule has 2 aromatic rings. The normalized spacial score (nSPS) is 10.3. The molecule has 0 spiro atoms. The second-order valence-corrected chi connectivity index (χ2v) is 4.16. The van der Waals surface area contributed by atoms with Crippen LogP contribution in [0.1, 0.15) is 24.0 Å². The van der Waals surface area contributed by atoms with Crippen LogP contribution in [0.2, 0.25) is 0 Å². The minimum atomic E-state index is 0.325. The van der Waals surface area contributed by atoms with Crippen molar-refractivity contribution in [3.8, 4) is 5.75 Å². The number of nitrogens with zero attached hydrogens (tertiary/aromatic N) is 2. The molecule has 19 heavy (non-hydrogen) atoms. The summed E-state index contributed by atoms with van der Waals surface area (Å²) in [5.74, 6) is 7.54. The Morgan fingerprint density at radius 1 is 1.21 bits per heavy atom. The molecule has 0 aliphatic heterocycles. The molecule has 5 heteroatoms. The van der Waals surface area contributed by atoms with E-state index in [1.54, 1.807) is 0 Å². The number of nitrogen functional groups attached to an aromatic ring is 1. The van der Waals surface area contributed by atoms with Crippen LogP contribution in [0.3, 0.4) is 0 Å². The second-order valence-electron chi connectivity index (χ2n) is 4.16. The van der Waals surface area contributed by atoms with Crippen molar-refractivity contribution in [2.45, 2.75) is 26.9 Å². The minimum absolute atomic E-state index is 0.325. The van der Waals surface area contributed by atoms with E-state index in [1.165, 1.54) is 0 Å². The van der Waals surface area contributed by atoms with Crippen molar-refractivity contribution in [1.82, 2.24) is 9.97 Å². The Morgan fingerprint density at radius 3 is 2.58 bits per heavy atom. The number of benzene rings is 1. The number of ether oxygens (including phenoxy) is 1. The fraction of sp³-hybridized carbons (Fsp3) is 0.286. The van der Waals surface area contributed by atoms with Gasteiger partial charge in [-0.1, -0.05) is 25.1 Å². The van der Waals surface area contributed by atoms with Gasteiger partial charge < -0.3 is 10.2 Å². The molecule has 0 bridgehead atoms. The summed E-state index contributed by atoms with van der Waals surface area (Å²) in [5, 5.41) is 0. The average molecular weight is 258 g/mol. The number of nitrogens with two attached hydrogens (primary N) is 1. The van der Waals surface area contributed by atoms with E-state index < -0.39 is 0 Å². The van der Waals surface area contributed by atoms with Gasteiger partial charge >= 0.3 is 0 Å². The summed E-state index contributed by atoms with van der Waals surface area (Å²) in [5.41, 5.74) is 4.56. The van der Waals surface area contributed by atoms with Gasteiger partial charge in [-0.05, 0) is 25.5 Å². The van der Waals surface area contributed by atoms with Crippen molar-refractivity contribution in [2.75, 3.05) is 5.43 Å². The highest BCUT2D eigenvalue weighted by Crippen LogP contribution is 2.16. The number of aryl methyl sites for hydroxylation is 1. The van der Waals surface area contributed by atoms with Gasteiger partial charge in [-0.2, -0.15) is 0 Å². The third-order valence-electron chi connectivity index (χ3n) is 2.88. The van der Waals surface area contributed by atoms with Gasteiger partial charge in [-0.3, -0.25) is 0 Å². The van der Waals surface area contributed by atoms with Gasteiger partial charge in [0, 0.05) is 11.3 Å². The molecule has 3 N–H and O–H groups in total. The zero-order chi connectivity index (χ0) is 13.7. The Hall–Kier alpha value is -2.14. The standard InChI is InChI=1S/C14H18N4O/c1-3-12-10(2)14(18-15)17-13(16-12)9-19-11-7-5-4-6-8-11/h4-8H,3,9,15H2,1-2H3,(H,16,17,18). The molecule has 1 aromatic carbocycles. The van der Waals surface area contributed by atoms with Crippen LogP contribution in [0, 0.1) is 6.92 Å². The molecule has 0 fully saturated rings. The van der Waals surface area contributed by atoms with Crippen LogP contribution in [0.5, 0.6) is 5.75 Å². The van der Waals surface area contributed by atoms with Gasteiger partial charge in [0.1, 0.15) is 18.2 Å². The van der Waals surface area contributed by atoms with Crippen molar-refractivity contribution in [3.63, 3.8) is 0 Å². The van der Waals surface area contributed by atoms with E-state index in [2.05, 4.69) is 22.3 Å². The molecule has 0 unspecified atom stereocenters. The van der Waals surface area contributed by atoms with E-state index in [0.717, 1.165) is 23.4 Å². The van der Waals surface area contributed by atoms with Crippen molar-refractivity contribution in [1.29, 1.82) is 0 Å². The van der Waals surface area contributed by atoms with Gasteiger partial charge in [0.2, 0.25) is 0 Å². The van der Waals surface area contributed by atoms with Gasteiger partial charge in [0.05, 0.1) is 0 Å². The number of anilines is 1. The number of hydrogen-bond donors (Lipinski definition) is 2. The Balaban J connectivity index is 2.16. The van der Waals surface area contributed by atoms with Crippen LogP contribution in [0.4, 0.5) is 5.82 Å². The molecule has 0 aliphatic carbocycles. The minimum Gasteiger partial charge on any atom is -0.486 e. The SMILES string of the molecule is CCc1nc(COc2ccccc2)nc(NN)c1C. The molecule has 0 radical (unpaired) electrons. The third-order valence-corrected chi connectivity index (χ3v) is 2.88. The highest BCUT2D eigenvalue weighted by molar-refractivity contribution is 5.44. The van der Waals surface area contributed by atoms with Gasteiger partial charge in [-0.15, -0.1) is 0 Å². The number of rotatable bonds is 5. The first kappa shape index (κ1) is 13.3. The lowest BCUT2D eigenvalue weighted by Gasteiger charge is -2.11. The Kier molecular flexibility index (Phi) is 4.30. The number of para-hydroxylation sites is 1. The molecule has 5 nitrogen and oxygen atoms in total. The molecule has 2 rings (SSSR count). The molecule has 0 saturated heterocycles. The lowest BCUT2D eigenvalue weighted by Crippen LogP contribution is -2.15. The predicted molar refractivity (Wildman–Crippen MR) is 74.7 cm³/mol. The van der Waals surface area contributed by atoms with E-state index >= 15 is 0 Å². The maximum Gasteiger partial charge on any atom is 0.168 e. The Labute approximate surface area is 112 Å². The Morgan fingerprint density at radius 2 is 1.95 bits per heavy atom. The summed E-state index contributed by atoms with van der Waals surface area (Å²) in [6.45, 7) is 4.33. The van der Waals surface area contributed by atoms with Crippen molar-refractivity contribution < 1.29 is 4.74 Å². The van der Waals surface area contributed by atoms with Gasteiger partial charge in [-0.25, -0.2) is 15.8 Å². The zero-order valence-corrected chi connectivity index (χ0v) is 11.2. The summed E-state index contributed by atoms with van der Waals surface area (Å²) >= 11 is 0. The molecule has 0 amide bonds. The van der Waals surface area contributed by atoms with E-state index in [-0.39, 0.29) is 0 Å². The lowest BCUT2D eigenvalue weighted by molar-refractivity contribution is 0.295. The quantitative estimate of drug-likeness (QED) is 0.635. The smallest absolute Gasteiger partial charge is 0.168 e. The lowest BCUT2D eigenvalue weighted by atomic mass is 10.2. The predicted octanol–water partition coefficient (Wildman–Crippen LogP) is 2.21. The van der Waals surface area contributed by atoms with E-state index in [4.69, 9.17) is 10.6 Å². The Bertz CT molecular complexity index is 517. The maximum atomic E-state index is 5.64. The van der Waals surface area contributed by atoms with E-state index in [0.29, 0.717) is 18.2 Å². The summed E-state index contributed by atoms with van der Waals surface area (Å²) in [6, 6.07) is 9.60. The summed E-state index contributed by atoms with van der Waals surface area (Å²) in [6.07, 6.45) is 0.835. The first-order chi connectivity index (χ1) is 9.24. The van der Waals surface area contributed by atoms with Crippen LogP contribution < -0.4 is 16.0 Å². The number of hydrazine groups is 1. The number of nitrogens with one attached hydrogen (secondary N) is 1. The highest BCUT2D eigenvalue weighted by Gasteiger charge is 2.09. The largest absolute Gasteiger partial charge is 0.486 e. The molecular weight excluding hydrogens is 240 g/mol. The van der Waals surface area contributed by atoms with Gasteiger partial charge in [0.15, 0.2) is 5.82 Å². The first-order valence-electron chi connectivity index (χ1n) is 6.25. The average Bonchev–Trinajstić information content (AvgIpc) is 2.47. The van der Waals surface area contributed by atoms with Crippen molar-refractivity contribution in [3.05, 3.63) is 47.4 Å². The summed E-state index contributed by atoms with van der Waals surface area (Å²) in [4.78, 5) is 8.83. The summed E-state index contributed by atoms with van der Waals surface area (Å²) in [7, 11) is 0. The molecule has 0 aliphatic rings. The van der Waals surface area contributed by atoms with E-state index in [9.17, 15) is 0 Å². The fourth-order valence-corrected chi connectivity index (χ4v) is 1.83. The topological polar surface area (TPSA) is 73.1 Å². The number of hydrogen-bond acceptors (Lipinski definition) is 5. The van der Waals surface area contributed by atoms with Crippen LogP contribution in [-0.4, -0.2) is 9.97 Å². The van der Waals surface area contributed by atoms with Crippen molar-refractivity contribution >= 4 is 5.82 Å². The molecule has 1 aromatic heterocycles. The van der Waals surface area contributed by atoms with E-state index in [1.807, 2.05) is 37.3 Å². The number of aromatic nitrogens is 2. The molecular formula is C14H18N4O. The zero-order valence-electron chi connectivity index (χ0n) is 11.2. The fourth-order valence-electron chi connectivity index (χ4n) is 1.83. The maximum absolute atomic E-state index is 5.64. The van der Waals surface area contributed by atoms with Crippen molar-refractivity contribution in [2.24, 2.45) is 5.84 Å². The molecule has 0 atom stereocenters. The highest BCUT2D eigenvalue weighted by atomic mass is 16.5. The van der Waals surface area contributed by atoms with Crippen LogP contribution in [-0.2, 0) is 13.0 Å². The first-order valence-corrected chi connectivity index (χ1v) is 6.25. The molecule has 100 valence electrons. The second kappa shape index (κ2) is 6.15. The summed E-state index contributed by atoms with van der Waals surface area (Å²) < 4.78 is 5.64. The molecule has 0 saturated carbocycles. The monoisotopic (exact) mass is 258 g/mol. The molecule has 1 heterocycles.